The van der Waals surface area contributed by atoms with Crippen molar-refractivity contribution in [2.45, 2.75) is 19.8 Å². The first-order valence-corrected chi connectivity index (χ1v) is 8.45. The number of hydrogen-bond donors (Lipinski definition) is 1. The first kappa shape index (κ1) is 18.7. The highest BCUT2D eigenvalue weighted by Crippen LogP contribution is 2.31. The molecule has 0 saturated carbocycles. The lowest BCUT2D eigenvalue weighted by Crippen LogP contribution is -2.05. The number of carbonyl (C=O) groups is 1. The van der Waals surface area contributed by atoms with Gasteiger partial charge in [0.05, 0.1) is 17.2 Å². The van der Waals surface area contributed by atoms with Gasteiger partial charge in [-0.25, -0.2) is 0 Å². The minimum Gasteiger partial charge on any atom is -0.494 e. The fourth-order valence-corrected chi connectivity index (χ4v) is 2.60. The maximum atomic E-state index is 12.3. The molecule has 4 nitrogen and oxygen atoms in total. The largest absolute Gasteiger partial charge is 0.494 e. The van der Waals surface area contributed by atoms with E-state index in [9.17, 15) is 4.79 Å². The molecule has 0 bridgehead atoms. The third-order valence-electron chi connectivity index (χ3n) is 3.58. The minimum absolute atomic E-state index is 0.278. The smallest absolute Gasteiger partial charge is 0.209 e. The molecule has 0 fully saturated rings. The number of ether oxygens (including phenoxy) is 1. The molecule has 130 valence electrons. The second-order valence-electron chi connectivity index (χ2n) is 5.39. The molecular weight excluding hydrogens is 338 g/mol. The van der Waals surface area contributed by atoms with Crippen LogP contribution in [0.3, 0.4) is 0 Å². The van der Waals surface area contributed by atoms with Gasteiger partial charge in [0, 0.05) is 0 Å². The van der Waals surface area contributed by atoms with Crippen LogP contribution in [0.25, 0.3) is 10.6 Å². The third-order valence-corrected chi connectivity index (χ3v) is 3.98. The molecule has 1 N–H and O–H groups in total. The van der Waals surface area contributed by atoms with Gasteiger partial charge in [-0.05, 0) is 41.8 Å². The summed E-state index contributed by atoms with van der Waals surface area (Å²) in [7, 11) is 0. The molecule has 25 heavy (non-hydrogen) atoms. The number of unbranched alkanes of at least 4 members (excludes halogenated alkanes) is 1. The SMILES string of the molecule is CCCCOc1ccc(C(Cl)=C(C(=O)C=NO)c2ccccc2)cc1. The molecule has 0 aliphatic rings. The summed E-state index contributed by atoms with van der Waals surface area (Å²) in [5, 5.41) is 11.8. The van der Waals surface area contributed by atoms with Crippen molar-refractivity contribution in [3.63, 3.8) is 0 Å². The maximum absolute atomic E-state index is 12.3. The van der Waals surface area contributed by atoms with Gasteiger partial charge in [0.15, 0.2) is 0 Å². The maximum Gasteiger partial charge on any atom is 0.209 e. The summed E-state index contributed by atoms with van der Waals surface area (Å²) in [6.07, 6.45) is 2.91. The van der Waals surface area contributed by atoms with Gasteiger partial charge in [0.2, 0.25) is 5.78 Å². The van der Waals surface area contributed by atoms with Crippen LogP contribution in [-0.4, -0.2) is 23.8 Å². The van der Waals surface area contributed by atoms with Crippen LogP contribution in [0, 0.1) is 0 Å². The fraction of sp³-hybridized carbons (Fsp3) is 0.200. The van der Waals surface area contributed by atoms with Crippen molar-refractivity contribution in [3.8, 4) is 5.75 Å². The topological polar surface area (TPSA) is 58.9 Å². The predicted molar refractivity (Wildman–Crippen MR) is 101 cm³/mol. The highest BCUT2D eigenvalue weighted by Gasteiger charge is 2.16. The summed E-state index contributed by atoms with van der Waals surface area (Å²) in [5.41, 5.74) is 1.61. The molecule has 2 aromatic carbocycles. The van der Waals surface area contributed by atoms with Crippen LogP contribution in [0.5, 0.6) is 5.75 Å². The first-order valence-electron chi connectivity index (χ1n) is 8.07. The highest BCUT2D eigenvalue weighted by atomic mass is 35.5. The Balaban J connectivity index is 2.36. The van der Waals surface area contributed by atoms with Crippen molar-refractivity contribution in [2.24, 2.45) is 5.16 Å². The van der Waals surface area contributed by atoms with E-state index in [-0.39, 0.29) is 10.6 Å². The lowest BCUT2D eigenvalue weighted by Gasteiger charge is -2.10. The monoisotopic (exact) mass is 357 g/mol. The Morgan fingerprint density at radius 3 is 2.40 bits per heavy atom. The second kappa shape index (κ2) is 9.64. The zero-order valence-corrected chi connectivity index (χ0v) is 14.7. The van der Waals surface area contributed by atoms with Crippen molar-refractivity contribution in [3.05, 3.63) is 65.7 Å². The van der Waals surface area contributed by atoms with E-state index in [1.165, 1.54) is 0 Å². The molecule has 0 spiro atoms. The van der Waals surface area contributed by atoms with Gasteiger partial charge in [-0.3, -0.25) is 4.79 Å². The van der Waals surface area contributed by atoms with E-state index in [4.69, 9.17) is 21.5 Å². The van der Waals surface area contributed by atoms with Crippen molar-refractivity contribution >= 4 is 34.2 Å². The van der Waals surface area contributed by atoms with Crippen LogP contribution in [0.15, 0.2) is 59.8 Å². The summed E-state index contributed by atoms with van der Waals surface area (Å²) in [6, 6.07) is 16.3. The number of oxime groups is 1. The molecular formula is C20H20ClNO3. The van der Waals surface area contributed by atoms with Gasteiger partial charge in [0.25, 0.3) is 0 Å². The van der Waals surface area contributed by atoms with Crippen molar-refractivity contribution in [1.29, 1.82) is 0 Å². The molecule has 0 aliphatic carbocycles. The number of hydrogen-bond acceptors (Lipinski definition) is 4. The predicted octanol–water partition coefficient (Wildman–Crippen LogP) is 5.00. The fourth-order valence-electron chi connectivity index (χ4n) is 2.28. The molecule has 0 radical (unpaired) electrons. The van der Waals surface area contributed by atoms with Crippen LogP contribution in [0.1, 0.15) is 30.9 Å². The number of carbonyl (C=O) groups excluding carboxylic acids is 1. The number of allylic oxidation sites excluding steroid dienone is 1. The van der Waals surface area contributed by atoms with Crippen LogP contribution >= 0.6 is 11.6 Å². The van der Waals surface area contributed by atoms with E-state index in [1.54, 1.807) is 24.3 Å². The standard InChI is InChI=1S/C20H20ClNO3/c1-2-3-13-25-17-11-9-16(10-12-17)20(21)19(18(23)14-22-24)15-7-5-4-6-8-15/h4-12,14,24H,2-3,13H2,1H3. The Hall–Kier alpha value is -2.59. The van der Waals surface area contributed by atoms with Crippen molar-refractivity contribution in [1.82, 2.24) is 0 Å². The Morgan fingerprint density at radius 1 is 1.12 bits per heavy atom. The van der Waals surface area contributed by atoms with Crippen LogP contribution < -0.4 is 4.74 Å². The number of Topliss-reactive ketones (excluding diaryl/α,β-unsaturated/α-hetero) is 1. The number of benzene rings is 2. The molecule has 2 rings (SSSR count). The Kier molecular flexibility index (Phi) is 7.23. The van der Waals surface area contributed by atoms with Gasteiger partial charge in [0.1, 0.15) is 12.0 Å². The van der Waals surface area contributed by atoms with E-state index in [0.29, 0.717) is 17.7 Å². The zero-order chi connectivity index (χ0) is 18.1. The lowest BCUT2D eigenvalue weighted by molar-refractivity contribution is -0.107. The van der Waals surface area contributed by atoms with Crippen LogP contribution in [-0.2, 0) is 4.79 Å². The Labute approximate surface area is 152 Å². The average Bonchev–Trinajstić information content (AvgIpc) is 2.64. The summed E-state index contributed by atoms with van der Waals surface area (Å²) in [6.45, 7) is 2.77. The van der Waals surface area contributed by atoms with Gasteiger partial charge in [-0.15, -0.1) is 0 Å². The van der Waals surface area contributed by atoms with Gasteiger partial charge < -0.3 is 9.94 Å². The summed E-state index contributed by atoms with van der Waals surface area (Å²) >= 11 is 6.49. The quantitative estimate of drug-likeness (QED) is 0.180. The third kappa shape index (κ3) is 5.19. The van der Waals surface area contributed by atoms with E-state index < -0.39 is 5.78 Å². The molecule has 0 saturated heterocycles. The van der Waals surface area contributed by atoms with Gasteiger partial charge in [-0.1, -0.05) is 60.4 Å². The van der Waals surface area contributed by atoms with E-state index in [1.807, 2.05) is 30.3 Å². The van der Waals surface area contributed by atoms with Crippen molar-refractivity contribution < 1.29 is 14.7 Å². The minimum atomic E-state index is -0.470. The van der Waals surface area contributed by atoms with E-state index in [0.717, 1.165) is 24.8 Å². The highest BCUT2D eigenvalue weighted by molar-refractivity contribution is 6.62. The summed E-state index contributed by atoms with van der Waals surface area (Å²) in [4.78, 5) is 12.3. The normalized spacial score (nSPS) is 12.1. The molecule has 2 aromatic rings. The Morgan fingerprint density at radius 2 is 1.80 bits per heavy atom. The molecule has 0 heterocycles. The van der Waals surface area contributed by atoms with Crippen LogP contribution in [0.2, 0.25) is 0 Å². The summed E-state index contributed by atoms with van der Waals surface area (Å²) < 4.78 is 5.63. The second-order valence-corrected chi connectivity index (χ2v) is 5.77. The molecule has 0 aliphatic heterocycles. The molecule has 0 unspecified atom stereocenters. The number of halogens is 1. The van der Waals surface area contributed by atoms with Gasteiger partial charge in [-0.2, -0.15) is 0 Å². The number of ketones is 1. The lowest BCUT2D eigenvalue weighted by atomic mass is 9.99. The molecule has 5 heteroatoms. The average molecular weight is 358 g/mol. The molecule has 0 aromatic heterocycles. The zero-order valence-electron chi connectivity index (χ0n) is 14.0. The van der Waals surface area contributed by atoms with E-state index in [2.05, 4.69) is 12.1 Å². The number of rotatable bonds is 8. The van der Waals surface area contributed by atoms with E-state index >= 15 is 0 Å². The first-order chi connectivity index (χ1) is 12.2. The Bertz CT molecular complexity index is 752. The number of nitrogens with zero attached hydrogens (tertiary/aromatic N) is 1. The molecule has 0 atom stereocenters. The van der Waals surface area contributed by atoms with Crippen LogP contribution in [0.4, 0.5) is 0 Å². The summed E-state index contributed by atoms with van der Waals surface area (Å²) in [5.74, 6) is 0.285. The van der Waals surface area contributed by atoms with Crippen molar-refractivity contribution in [2.75, 3.05) is 6.61 Å². The molecule has 0 amide bonds. The van der Waals surface area contributed by atoms with Gasteiger partial charge >= 0.3 is 0 Å².